The summed E-state index contributed by atoms with van der Waals surface area (Å²) >= 11 is 0. The zero-order chi connectivity index (χ0) is 24.2. The van der Waals surface area contributed by atoms with Gasteiger partial charge in [0.25, 0.3) is 5.91 Å². The second-order valence-electron chi connectivity index (χ2n) is 7.91. The molecule has 2 aromatic heterocycles. The van der Waals surface area contributed by atoms with Gasteiger partial charge in [-0.15, -0.1) is 0 Å². The fourth-order valence-corrected chi connectivity index (χ4v) is 4.10. The van der Waals surface area contributed by atoms with Crippen LogP contribution in [0.15, 0.2) is 42.9 Å². The quantitative estimate of drug-likeness (QED) is 0.550. The molecule has 0 saturated carbocycles. The maximum absolute atomic E-state index is 14.9. The van der Waals surface area contributed by atoms with Crippen LogP contribution in [0.25, 0.3) is 5.69 Å². The maximum atomic E-state index is 14.9. The number of pyridine rings is 1. The summed E-state index contributed by atoms with van der Waals surface area (Å²) in [7, 11) is 2.73. The average Bonchev–Trinajstić information content (AvgIpc) is 3.39. The Hall–Kier alpha value is -4.02. The molecule has 3 aromatic rings. The predicted octanol–water partition coefficient (Wildman–Crippen LogP) is 2.70. The van der Waals surface area contributed by atoms with E-state index in [1.807, 2.05) is 6.92 Å². The Morgan fingerprint density at radius 1 is 1.09 bits per heavy atom. The van der Waals surface area contributed by atoms with Crippen molar-refractivity contribution >= 4 is 17.7 Å². The number of amides is 1. The summed E-state index contributed by atoms with van der Waals surface area (Å²) in [5.41, 5.74) is 0.339. The third-order valence-corrected chi connectivity index (χ3v) is 5.85. The van der Waals surface area contributed by atoms with Gasteiger partial charge in [0.15, 0.2) is 0 Å². The Morgan fingerprint density at radius 2 is 1.85 bits per heavy atom. The van der Waals surface area contributed by atoms with E-state index in [0.29, 0.717) is 18.0 Å². The van der Waals surface area contributed by atoms with Crippen LogP contribution in [0.4, 0.5) is 10.2 Å². The highest BCUT2D eigenvalue weighted by molar-refractivity contribution is 5.99. The molecule has 2 unspecified atom stereocenters. The molecule has 1 saturated heterocycles. The summed E-state index contributed by atoms with van der Waals surface area (Å²) in [6.07, 6.45) is 5.83. The van der Waals surface area contributed by atoms with Gasteiger partial charge in [-0.3, -0.25) is 4.79 Å². The van der Waals surface area contributed by atoms with Crippen LogP contribution in [0.3, 0.4) is 0 Å². The number of methoxy groups -OCH3 is 2. The van der Waals surface area contributed by atoms with Gasteiger partial charge in [-0.1, -0.05) is 6.07 Å². The fraction of sp³-hybridized carbons (Fsp3) is 0.348. The highest BCUT2D eigenvalue weighted by Gasteiger charge is 2.33. The largest absolute Gasteiger partial charge is 0.496 e. The lowest BCUT2D eigenvalue weighted by Gasteiger charge is -2.39. The fourth-order valence-electron chi connectivity index (χ4n) is 4.10. The minimum Gasteiger partial charge on any atom is -0.496 e. The monoisotopic (exact) mass is 468 g/mol. The molecule has 34 heavy (non-hydrogen) atoms. The van der Waals surface area contributed by atoms with Gasteiger partial charge >= 0.3 is 5.97 Å². The molecular formula is C23H25FN6O4. The SMILES string of the molecule is COC(=O)c1c(OC)ccnc1NC1CCC(C)N(C(=O)c2c(F)cccc2-n2nccn2)C1. The minimum absolute atomic E-state index is 0.0963. The standard InChI is InChI=1S/C23H25FN6O4/c1-14-7-8-15(28-21-20(23(32)34-3)18(33-2)9-10-25-21)13-29(14)22(31)19-16(24)5-4-6-17(19)30-26-11-12-27-30/h4-6,9-12,14-15H,7-8,13H2,1-3H3,(H,25,28). The van der Waals surface area contributed by atoms with Gasteiger partial charge in [0.1, 0.15) is 34.2 Å². The molecule has 1 amide bonds. The van der Waals surface area contributed by atoms with Crippen LogP contribution < -0.4 is 10.1 Å². The number of halogens is 1. The van der Waals surface area contributed by atoms with E-state index in [1.54, 1.807) is 17.0 Å². The number of nitrogens with zero attached hydrogens (tertiary/aromatic N) is 5. The molecule has 0 bridgehead atoms. The third-order valence-electron chi connectivity index (χ3n) is 5.85. The minimum atomic E-state index is -0.649. The number of hydrogen-bond donors (Lipinski definition) is 1. The number of benzene rings is 1. The van der Waals surface area contributed by atoms with Crippen molar-refractivity contribution in [2.75, 3.05) is 26.1 Å². The van der Waals surface area contributed by atoms with Crippen molar-refractivity contribution in [3.63, 3.8) is 0 Å². The van der Waals surface area contributed by atoms with Gasteiger partial charge in [-0.25, -0.2) is 14.2 Å². The zero-order valence-electron chi connectivity index (χ0n) is 19.1. The number of piperidine rings is 1. The van der Waals surface area contributed by atoms with Crippen LogP contribution in [-0.4, -0.2) is 69.6 Å². The number of ether oxygens (including phenoxy) is 2. The molecule has 1 fully saturated rings. The van der Waals surface area contributed by atoms with Crippen molar-refractivity contribution in [3.05, 3.63) is 59.8 Å². The molecule has 178 valence electrons. The number of aromatic nitrogens is 4. The molecule has 1 N–H and O–H groups in total. The molecule has 10 nitrogen and oxygen atoms in total. The number of likely N-dealkylation sites (tertiary alicyclic amines) is 1. The van der Waals surface area contributed by atoms with Crippen LogP contribution in [0.1, 0.15) is 40.5 Å². The Balaban J connectivity index is 1.62. The van der Waals surface area contributed by atoms with Crippen molar-refractivity contribution in [1.29, 1.82) is 0 Å². The lowest BCUT2D eigenvalue weighted by atomic mass is 9.97. The maximum Gasteiger partial charge on any atom is 0.345 e. The molecule has 4 rings (SSSR count). The summed E-state index contributed by atoms with van der Waals surface area (Å²) in [6.45, 7) is 2.20. The van der Waals surface area contributed by atoms with E-state index in [1.165, 1.54) is 49.7 Å². The summed E-state index contributed by atoms with van der Waals surface area (Å²) < 4.78 is 25.1. The first-order valence-electron chi connectivity index (χ1n) is 10.8. The summed E-state index contributed by atoms with van der Waals surface area (Å²) in [6, 6.07) is 5.57. The van der Waals surface area contributed by atoms with Crippen molar-refractivity contribution in [3.8, 4) is 11.4 Å². The van der Waals surface area contributed by atoms with Gasteiger partial charge in [0.05, 0.1) is 26.6 Å². The van der Waals surface area contributed by atoms with E-state index in [-0.39, 0.29) is 35.4 Å². The smallest absolute Gasteiger partial charge is 0.345 e. The number of carbonyl (C=O) groups excluding carboxylic acids is 2. The number of hydrogen-bond acceptors (Lipinski definition) is 8. The van der Waals surface area contributed by atoms with Crippen LogP contribution in [-0.2, 0) is 4.74 Å². The first kappa shape index (κ1) is 23.1. The van der Waals surface area contributed by atoms with Gasteiger partial charge in [-0.2, -0.15) is 15.0 Å². The second-order valence-corrected chi connectivity index (χ2v) is 7.91. The number of esters is 1. The van der Waals surface area contributed by atoms with E-state index in [9.17, 15) is 14.0 Å². The van der Waals surface area contributed by atoms with E-state index >= 15 is 0 Å². The highest BCUT2D eigenvalue weighted by Crippen LogP contribution is 2.29. The summed E-state index contributed by atoms with van der Waals surface area (Å²) in [5.74, 6) is -1.08. The predicted molar refractivity (Wildman–Crippen MR) is 121 cm³/mol. The number of rotatable bonds is 6. The Bertz CT molecular complexity index is 1190. The molecule has 0 radical (unpaired) electrons. The van der Waals surface area contributed by atoms with Gasteiger partial charge in [-0.05, 0) is 38.0 Å². The molecule has 0 aliphatic carbocycles. The number of carbonyl (C=O) groups is 2. The first-order chi connectivity index (χ1) is 16.4. The topological polar surface area (TPSA) is 111 Å². The number of anilines is 1. The lowest BCUT2D eigenvalue weighted by molar-refractivity contribution is 0.0590. The molecule has 0 spiro atoms. The molecule has 2 atom stereocenters. The zero-order valence-corrected chi connectivity index (χ0v) is 19.1. The Morgan fingerprint density at radius 3 is 2.56 bits per heavy atom. The van der Waals surface area contributed by atoms with E-state index in [2.05, 4.69) is 20.5 Å². The first-order valence-corrected chi connectivity index (χ1v) is 10.8. The Kier molecular flexibility index (Phi) is 6.71. The lowest BCUT2D eigenvalue weighted by Crippen LogP contribution is -2.50. The highest BCUT2D eigenvalue weighted by atomic mass is 19.1. The number of nitrogens with one attached hydrogen (secondary N) is 1. The summed E-state index contributed by atoms with van der Waals surface area (Å²) in [5, 5.41) is 11.3. The van der Waals surface area contributed by atoms with Crippen LogP contribution in [0.5, 0.6) is 5.75 Å². The van der Waals surface area contributed by atoms with E-state index in [0.717, 1.165) is 6.42 Å². The molecule has 11 heteroatoms. The van der Waals surface area contributed by atoms with Crippen molar-refractivity contribution < 1.29 is 23.5 Å². The normalized spacial score (nSPS) is 17.8. The molecule has 1 aliphatic rings. The van der Waals surface area contributed by atoms with Crippen molar-refractivity contribution in [2.45, 2.75) is 31.8 Å². The van der Waals surface area contributed by atoms with Crippen molar-refractivity contribution in [2.24, 2.45) is 0 Å². The van der Waals surface area contributed by atoms with Gasteiger partial charge < -0.3 is 19.7 Å². The second kappa shape index (κ2) is 9.86. The molecule has 1 aromatic carbocycles. The van der Waals surface area contributed by atoms with Gasteiger partial charge in [0.2, 0.25) is 0 Å². The molecule has 1 aliphatic heterocycles. The van der Waals surface area contributed by atoms with Crippen LogP contribution >= 0.6 is 0 Å². The third kappa shape index (κ3) is 4.41. The van der Waals surface area contributed by atoms with Crippen molar-refractivity contribution in [1.82, 2.24) is 24.9 Å². The van der Waals surface area contributed by atoms with Gasteiger partial charge in [0, 0.05) is 24.8 Å². The summed E-state index contributed by atoms with van der Waals surface area (Å²) in [4.78, 5) is 33.0. The molecule has 3 heterocycles. The average molecular weight is 468 g/mol. The molecular weight excluding hydrogens is 443 g/mol. The Labute approximate surface area is 195 Å². The van der Waals surface area contributed by atoms with Crippen LogP contribution in [0.2, 0.25) is 0 Å². The van der Waals surface area contributed by atoms with E-state index < -0.39 is 17.7 Å². The van der Waals surface area contributed by atoms with Crippen LogP contribution in [0, 0.1) is 5.82 Å². The van der Waals surface area contributed by atoms with E-state index in [4.69, 9.17) is 9.47 Å².